The van der Waals surface area contributed by atoms with Crippen LogP contribution < -0.4 is 0 Å². The Hall–Kier alpha value is -1.78. The minimum atomic E-state index is -1.47. The van der Waals surface area contributed by atoms with Crippen LogP contribution in [0.15, 0.2) is 18.2 Å². The molecule has 0 saturated heterocycles. The van der Waals surface area contributed by atoms with Gasteiger partial charge in [-0.15, -0.1) is 0 Å². The highest BCUT2D eigenvalue weighted by Crippen LogP contribution is 2.18. The van der Waals surface area contributed by atoms with Gasteiger partial charge in [0.1, 0.15) is 0 Å². The first-order valence-electron chi connectivity index (χ1n) is 4.67. The third-order valence-corrected chi connectivity index (χ3v) is 2.22. The number of hydrogen-bond acceptors (Lipinski definition) is 1. The minimum absolute atomic E-state index is 0.169. The summed E-state index contributed by atoms with van der Waals surface area (Å²) in [7, 11) is 0. The molecule has 0 aliphatic rings. The van der Waals surface area contributed by atoms with Gasteiger partial charge in [-0.2, -0.15) is 5.10 Å². The number of rotatable bonds is 1. The molecule has 0 bridgehead atoms. The fourth-order valence-electron chi connectivity index (χ4n) is 1.55. The smallest absolute Gasteiger partial charge is 0.194 e. The van der Waals surface area contributed by atoms with Crippen molar-refractivity contribution in [3.63, 3.8) is 0 Å². The first kappa shape index (κ1) is 10.7. The van der Waals surface area contributed by atoms with Gasteiger partial charge in [0.25, 0.3) is 0 Å². The zero-order valence-corrected chi connectivity index (χ0v) is 8.76. The van der Waals surface area contributed by atoms with Crippen molar-refractivity contribution in [1.82, 2.24) is 9.78 Å². The quantitative estimate of drug-likeness (QED) is 0.683. The van der Waals surface area contributed by atoms with E-state index in [-0.39, 0.29) is 5.69 Å². The van der Waals surface area contributed by atoms with Crippen LogP contribution >= 0.6 is 0 Å². The van der Waals surface area contributed by atoms with E-state index >= 15 is 0 Å². The van der Waals surface area contributed by atoms with E-state index in [1.54, 1.807) is 19.9 Å². The van der Waals surface area contributed by atoms with Gasteiger partial charge < -0.3 is 0 Å². The maximum Gasteiger partial charge on any atom is 0.194 e. The molecule has 0 N–H and O–H groups in total. The van der Waals surface area contributed by atoms with Crippen molar-refractivity contribution in [1.29, 1.82) is 0 Å². The maximum absolute atomic E-state index is 13.0. The summed E-state index contributed by atoms with van der Waals surface area (Å²) in [6, 6.07) is 3.59. The lowest BCUT2D eigenvalue weighted by atomic mass is 10.3. The second-order valence-corrected chi connectivity index (χ2v) is 3.56. The van der Waals surface area contributed by atoms with Crippen molar-refractivity contribution in [3.8, 4) is 5.69 Å². The molecule has 0 amide bonds. The molecule has 2 aromatic rings. The van der Waals surface area contributed by atoms with Crippen LogP contribution in [0.3, 0.4) is 0 Å². The van der Waals surface area contributed by atoms with Gasteiger partial charge in [-0.25, -0.2) is 17.9 Å². The van der Waals surface area contributed by atoms with Gasteiger partial charge in [0, 0.05) is 17.8 Å². The predicted octanol–water partition coefficient (Wildman–Crippen LogP) is 2.91. The van der Waals surface area contributed by atoms with Crippen LogP contribution in [0.4, 0.5) is 13.2 Å². The summed E-state index contributed by atoms with van der Waals surface area (Å²) < 4.78 is 40.1. The zero-order valence-electron chi connectivity index (χ0n) is 8.76. The molecule has 5 heteroatoms. The summed E-state index contributed by atoms with van der Waals surface area (Å²) in [5.74, 6) is -3.91. The number of halogens is 3. The molecular weight excluding hydrogens is 217 g/mol. The van der Waals surface area contributed by atoms with Crippen molar-refractivity contribution < 1.29 is 13.2 Å². The molecule has 0 radical (unpaired) electrons. The Morgan fingerprint density at radius 3 is 2.00 bits per heavy atom. The lowest BCUT2D eigenvalue weighted by Gasteiger charge is -2.05. The first-order valence-corrected chi connectivity index (χ1v) is 4.67. The minimum Gasteiger partial charge on any atom is -0.238 e. The summed E-state index contributed by atoms with van der Waals surface area (Å²) >= 11 is 0. The number of hydrogen-bond donors (Lipinski definition) is 0. The Bertz CT molecular complexity index is 523. The molecule has 1 aromatic heterocycles. The topological polar surface area (TPSA) is 17.8 Å². The lowest BCUT2D eigenvalue weighted by molar-refractivity contribution is 0.446. The molecule has 0 fully saturated rings. The summed E-state index contributed by atoms with van der Waals surface area (Å²) in [5, 5.41) is 4.05. The summed E-state index contributed by atoms with van der Waals surface area (Å²) in [6.45, 7) is 3.51. The van der Waals surface area contributed by atoms with Crippen molar-refractivity contribution in [3.05, 3.63) is 47.0 Å². The molecule has 0 aliphatic heterocycles. The highest BCUT2D eigenvalue weighted by molar-refractivity contribution is 5.35. The molecule has 0 atom stereocenters. The van der Waals surface area contributed by atoms with Gasteiger partial charge in [0.15, 0.2) is 17.5 Å². The zero-order chi connectivity index (χ0) is 11.9. The second kappa shape index (κ2) is 3.66. The number of aryl methyl sites for hydroxylation is 2. The van der Waals surface area contributed by atoms with Gasteiger partial charge in [-0.05, 0) is 19.9 Å². The molecule has 1 heterocycles. The van der Waals surface area contributed by atoms with Crippen LogP contribution in [0.1, 0.15) is 11.4 Å². The van der Waals surface area contributed by atoms with Crippen molar-refractivity contribution in [2.75, 3.05) is 0 Å². The highest BCUT2D eigenvalue weighted by atomic mass is 19.2. The van der Waals surface area contributed by atoms with E-state index in [0.29, 0.717) is 0 Å². The largest absolute Gasteiger partial charge is 0.238 e. The molecule has 2 rings (SSSR count). The molecule has 0 spiro atoms. The molecule has 0 unspecified atom stereocenters. The highest BCUT2D eigenvalue weighted by Gasteiger charge is 2.13. The molecule has 84 valence electrons. The van der Waals surface area contributed by atoms with Crippen LogP contribution in [0.2, 0.25) is 0 Å². The van der Waals surface area contributed by atoms with Gasteiger partial charge >= 0.3 is 0 Å². The maximum atomic E-state index is 13.0. The van der Waals surface area contributed by atoms with E-state index in [1.165, 1.54) is 4.68 Å². The van der Waals surface area contributed by atoms with Crippen molar-refractivity contribution in [2.45, 2.75) is 13.8 Å². The fourth-order valence-corrected chi connectivity index (χ4v) is 1.55. The molecule has 16 heavy (non-hydrogen) atoms. The fraction of sp³-hybridized carbons (Fsp3) is 0.182. The number of benzene rings is 1. The SMILES string of the molecule is Cc1cc(C)n(-c2cc(F)c(F)c(F)c2)n1. The van der Waals surface area contributed by atoms with E-state index < -0.39 is 17.5 Å². The Labute approximate surface area is 90.3 Å². The van der Waals surface area contributed by atoms with Gasteiger partial charge in [-0.1, -0.05) is 0 Å². The number of nitrogens with zero attached hydrogens (tertiary/aromatic N) is 2. The third-order valence-electron chi connectivity index (χ3n) is 2.22. The van der Waals surface area contributed by atoms with Crippen LogP contribution in [-0.2, 0) is 0 Å². The van der Waals surface area contributed by atoms with E-state index in [4.69, 9.17) is 0 Å². The van der Waals surface area contributed by atoms with Crippen molar-refractivity contribution in [2.24, 2.45) is 0 Å². The average molecular weight is 226 g/mol. The average Bonchev–Trinajstić information content (AvgIpc) is 2.53. The van der Waals surface area contributed by atoms with Crippen LogP contribution in [-0.4, -0.2) is 9.78 Å². The van der Waals surface area contributed by atoms with Crippen LogP contribution in [0.5, 0.6) is 0 Å². The predicted molar refractivity (Wildman–Crippen MR) is 52.9 cm³/mol. The Balaban J connectivity index is 2.61. The molecule has 1 aromatic carbocycles. The molecule has 2 nitrogen and oxygen atoms in total. The van der Waals surface area contributed by atoms with E-state index in [2.05, 4.69) is 5.10 Å². The van der Waals surface area contributed by atoms with Crippen LogP contribution in [0, 0.1) is 31.3 Å². The first-order chi connectivity index (χ1) is 7.49. The van der Waals surface area contributed by atoms with E-state index in [9.17, 15) is 13.2 Å². The normalized spacial score (nSPS) is 10.8. The monoisotopic (exact) mass is 226 g/mol. The molecular formula is C11H9F3N2. The third kappa shape index (κ3) is 1.68. The second-order valence-electron chi connectivity index (χ2n) is 3.56. The summed E-state index contributed by atoms with van der Waals surface area (Å²) in [4.78, 5) is 0. The Kier molecular flexibility index (Phi) is 2.46. The van der Waals surface area contributed by atoms with Gasteiger partial charge in [0.05, 0.1) is 11.4 Å². The molecule has 0 saturated carbocycles. The Morgan fingerprint density at radius 2 is 1.56 bits per heavy atom. The van der Waals surface area contributed by atoms with Crippen molar-refractivity contribution >= 4 is 0 Å². The van der Waals surface area contributed by atoms with E-state index in [0.717, 1.165) is 23.5 Å². The van der Waals surface area contributed by atoms with Crippen LogP contribution in [0.25, 0.3) is 5.69 Å². The van der Waals surface area contributed by atoms with E-state index in [1.807, 2.05) is 0 Å². The molecule has 0 aliphatic carbocycles. The summed E-state index contributed by atoms with van der Waals surface area (Å²) in [5.41, 5.74) is 1.62. The summed E-state index contributed by atoms with van der Waals surface area (Å²) in [6.07, 6.45) is 0. The standard InChI is InChI=1S/C11H9F3N2/c1-6-3-7(2)16(15-6)8-4-9(12)11(14)10(13)5-8/h3-5H,1-2H3. The number of aromatic nitrogens is 2. The Morgan fingerprint density at radius 1 is 1.00 bits per heavy atom. The lowest BCUT2D eigenvalue weighted by Crippen LogP contribution is -2.02. The van der Waals surface area contributed by atoms with Gasteiger partial charge in [0.2, 0.25) is 0 Å². The van der Waals surface area contributed by atoms with Gasteiger partial charge in [-0.3, -0.25) is 0 Å².